The van der Waals surface area contributed by atoms with Crippen molar-refractivity contribution in [1.82, 2.24) is 4.90 Å². The second-order valence-corrected chi connectivity index (χ2v) is 6.52. The molecule has 0 N–H and O–H groups in total. The first-order valence-corrected chi connectivity index (χ1v) is 9.32. The summed E-state index contributed by atoms with van der Waals surface area (Å²) >= 11 is 0. The molecule has 6 nitrogen and oxygen atoms in total. The van der Waals surface area contributed by atoms with Crippen LogP contribution in [0.4, 0.5) is 5.69 Å². The Kier molecular flexibility index (Phi) is 7.18. The summed E-state index contributed by atoms with van der Waals surface area (Å²) in [6, 6.07) is 6.84. The number of carbonyl (C=O) groups excluding carboxylic acids is 3. The first-order valence-electron chi connectivity index (χ1n) is 9.32. The maximum absolute atomic E-state index is 12.8. The lowest BCUT2D eigenvalue weighted by molar-refractivity contribution is -0.134. The van der Waals surface area contributed by atoms with E-state index in [-0.39, 0.29) is 24.4 Å². The van der Waals surface area contributed by atoms with Crippen LogP contribution in [0.25, 0.3) is 0 Å². The molecule has 2 amide bonds. The Bertz CT molecular complexity index is 642. The molecule has 1 fully saturated rings. The Labute approximate surface area is 155 Å². The van der Waals surface area contributed by atoms with Gasteiger partial charge in [0.15, 0.2) is 0 Å². The van der Waals surface area contributed by atoms with E-state index >= 15 is 0 Å². The lowest BCUT2D eigenvalue weighted by atomic mass is 10.00. The maximum Gasteiger partial charge on any atom is 0.338 e. The topological polar surface area (TPSA) is 66.9 Å². The standard InChI is InChI=1S/C20H28N2O4/c1-4-17-8-6-7-13-21(17)19(24)14-22(15(3)23)18-11-9-16(10-12-18)20(25)26-5-2/h9-12,17H,4-8,13-14H2,1-3H3. The number of piperidine rings is 1. The average Bonchev–Trinajstić information content (AvgIpc) is 2.66. The lowest BCUT2D eigenvalue weighted by Gasteiger charge is -2.36. The molecule has 2 rings (SSSR count). The van der Waals surface area contributed by atoms with Crippen LogP contribution in [0.3, 0.4) is 0 Å². The smallest absolute Gasteiger partial charge is 0.338 e. The van der Waals surface area contributed by atoms with Crippen molar-refractivity contribution in [2.24, 2.45) is 0 Å². The molecule has 0 radical (unpaired) electrons. The van der Waals surface area contributed by atoms with Crippen LogP contribution >= 0.6 is 0 Å². The number of anilines is 1. The van der Waals surface area contributed by atoms with Gasteiger partial charge in [0.05, 0.1) is 12.2 Å². The van der Waals surface area contributed by atoms with E-state index in [1.165, 1.54) is 11.8 Å². The highest BCUT2D eigenvalue weighted by molar-refractivity contribution is 5.98. The molecular weight excluding hydrogens is 332 g/mol. The SMILES string of the molecule is CCOC(=O)c1ccc(N(CC(=O)N2CCCCC2CC)C(C)=O)cc1. The minimum atomic E-state index is -0.399. The van der Waals surface area contributed by atoms with E-state index in [4.69, 9.17) is 4.74 Å². The summed E-state index contributed by atoms with van der Waals surface area (Å²) < 4.78 is 4.96. The third kappa shape index (κ3) is 4.84. The molecule has 26 heavy (non-hydrogen) atoms. The molecule has 0 aliphatic carbocycles. The van der Waals surface area contributed by atoms with E-state index in [1.54, 1.807) is 31.2 Å². The van der Waals surface area contributed by atoms with Crippen LogP contribution in [0, 0.1) is 0 Å². The number of ether oxygens (including phenoxy) is 1. The van der Waals surface area contributed by atoms with Crippen LogP contribution in [0.5, 0.6) is 0 Å². The molecule has 6 heteroatoms. The van der Waals surface area contributed by atoms with E-state index in [0.29, 0.717) is 17.9 Å². The molecule has 142 valence electrons. The van der Waals surface area contributed by atoms with Crippen LogP contribution in [-0.2, 0) is 14.3 Å². The fourth-order valence-electron chi connectivity index (χ4n) is 3.36. The number of amides is 2. The highest BCUT2D eigenvalue weighted by Crippen LogP contribution is 2.21. The van der Waals surface area contributed by atoms with Crippen molar-refractivity contribution in [3.05, 3.63) is 29.8 Å². The molecule has 1 aliphatic rings. The minimum absolute atomic E-state index is 0.0184. The number of benzene rings is 1. The molecule has 0 bridgehead atoms. The monoisotopic (exact) mass is 360 g/mol. The predicted octanol–water partition coefficient (Wildman–Crippen LogP) is 3.01. The van der Waals surface area contributed by atoms with Crippen LogP contribution < -0.4 is 4.90 Å². The molecule has 0 aromatic heterocycles. The Hall–Kier alpha value is -2.37. The largest absolute Gasteiger partial charge is 0.462 e. The lowest BCUT2D eigenvalue weighted by Crippen LogP contribution is -2.48. The van der Waals surface area contributed by atoms with Gasteiger partial charge in [0.25, 0.3) is 0 Å². The fourth-order valence-corrected chi connectivity index (χ4v) is 3.36. The van der Waals surface area contributed by atoms with Gasteiger partial charge in [0, 0.05) is 25.2 Å². The summed E-state index contributed by atoms with van der Waals surface area (Å²) in [6.45, 7) is 6.37. The van der Waals surface area contributed by atoms with Crippen molar-refractivity contribution in [2.45, 2.75) is 52.5 Å². The van der Waals surface area contributed by atoms with Gasteiger partial charge in [-0.15, -0.1) is 0 Å². The second kappa shape index (κ2) is 9.36. The summed E-state index contributed by atoms with van der Waals surface area (Å²) in [5.41, 5.74) is 1.02. The Balaban J connectivity index is 2.12. The second-order valence-electron chi connectivity index (χ2n) is 6.52. The normalized spacial score (nSPS) is 16.9. The van der Waals surface area contributed by atoms with Gasteiger partial charge >= 0.3 is 5.97 Å². The summed E-state index contributed by atoms with van der Waals surface area (Å²) in [6.07, 6.45) is 4.11. The highest BCUT2D eigenvalue weighted by atomic mass is 16.5. The zero-order valence-electron chi connectivity index (χ0n) is 15.9. The molecule has 1 atom stereocenters. The van der Waals surface area contributed by atoms with Gasteiger partial charge in [-0.25, -0.2) is 4.79 Å². The van der Waals surface area contributed by atoms with Gasteiger partial charge in [-0.2, -0.15) is 0 Å². The number of carbonyl (C=O) groups is 3. The number of rotatable bonds is 6. The fraction of sp³-hybridized carbons (Fsp3) is 0.550. The van der Waals surface area contributed by atoms with Crippen LogP contribution in [0.15, 0.2) is 24.3 Å². The van der Waals surface area contributed by atoms with E-state index < -0.39 is 5.97 Å². The van der Waals surface area contributed by atoms with E-state index in [0.717, 1.165) is 32.2 Å². The van der Waals surface area contributed by atoms with Crippen LogP contribution in [0.1, 0.15) is 56.8 Å². The quantitative estimate of drug-likeness (QED) is 0.732. The molecule has 0 saturated carbocycles. The molecule has 1 aliphatic heterocycles. The van der Waals surface area contributed by atoms with E-state index in [1.807, 2.05) is 4.90 Å². The van der Waals surface area contributed by atoms with Crippen LogP contribution in [-0.4, -0.2) is 48.4 Å². The summed E-state index contributed by atoms with van der Waals surface area (Å²) in [7, 11) is 0. The van der Waals surface area contributed by atoms with Crippen molar-refractivity contribution in [2.75, 3.05) is 24.6 Å². The highest BCUT2D eigenvalue weighted by Gasteiger charge is 2.27. The molecule has 0 spiro atoms. The van der Waals surface area contributed by atoms with E-state index in [2.05, 4.69) is 6.92 Å². The van der Waals surface area contributed by atoms with Gasteiger partial charge in [-0.3, -0.25) is 9.59 Å². The molecule has 1 unspecified atom stereocenters. The summed E-state index contributed by atoms with van der Waals surface area (Å²) in [5, 5.41) is 0. The van der Waals surface area contributed by atoms with Gasteiger partial charge in [-0.1, -0.05) is 6.92 Å². The Morgan fingerprint density at radius 2 is 1.85 bits per heavy atom. The molecule has 1 saturated heterocycles. The number of likely N-dealkylation sites (tertiary alicyclic amines) is 1. The van der Waals surface area contributed by atoms with Crippen molar-refractivity contribution >= 4 is 23.5 Å². The molecule has 1 heterocycles. The molecule has 1 aromatic rings. The van der Waals surface area contributed by atoms with Gasteiger partial charge in [-0.05, 0) is 56.9 Å². The number of hydrogen-bond acceptors (Lipinski definition) is 4. The predicted molar refractivity (Wildman–Crippen MR) is 100 cm³/mol. The zero-order chi connectivity index (χ0) is 19.1. The first-order chi connectivity index (χ1) is 12.5. The van der Waals surface area contributed by atoms with Crippen molar-refractivity contribution in [3.63, 3.8) is 0 Å². The zero-order valence-corrected chi connectivity index (χ0v) is 15.9. The van der Waals surface area contributed by atoms with Gasteiger partial charge < -0.3 is 14.5 Å². The van der Waals surface area contributed by atoms with Gasteiger partial charge in [0.2, 0.25) is 11.8 Å². The summed E-state index contributed by atoms with van der Waals surface area (Å²) in [4.78, 5) is 40.0. The van der Waals surface area contributed by atoms with Crippen LogP contribution in [0.2, 0.25) is 0 Å². The number of hydrogen-bond donors (Lipinski definition) is 0. The number of nitrogens with zero attached hydrogens (tertiary/aromatic N) is 2. The van der Waals surface area contributed by atoms with Crippen molar-refractivity contribution in [3.8, 4) is 0 Å². The third-order valence-corrected chi connectivity index (χ3v) is 4.78. The first kappa shape index (κ1) is 19.9. The van der Waals surface area contributed by atoms with Gasteiger partial charge in [0.1, 0.15) is 6.54 Å². The molecular formula is C20H28N2O4. The number of esters is 1. The summed E-state index contributed by atoms with van der Waals surface area (Å²) in [5.74, 6) is -0.628. The van der Waals surface area contributed by atoms with Crippen molar-refractivity contribution < 1.29 is 19.1 Å². The Morgan fingerprint density at radius 3 is 2.42 bits per heavy atom. The van der Waals surface area contributed by atoms with E-state index in [9.17, 15) is 14.4 Å². The Morgan fingerprint density at radius 1 is 1.15 bits per heavy atom. The van der Waals surface area contributed by atoms with Crippen molar-refractivity contribution in [1.29, 1.82) is 0 Å². The third-order valence-electron chi connectivity index (χ3n) is 4.78. The molecule has 1 aromatic carbocycles. The minimum Gasteiger partial charge on any atom is -0.462 e. The maximum atomic E-state index is 12.8. The average molecular weight is 360 g/mol.